The molecule has 70 heavy (non-hydrogen) atoms. The molecule has 0 amide bonds. The second kappa shape index (κ2) is 14.9. The first-order chi connectivity index (χ1) is 34.7. The first kappa shape index (κ1) is 38.9. The molecule has 0 saturated heterocycles. The van der Waals surface area contributed by atoms with Crippen molar-refractivity contribution < 1.29 is 4.42 Å². The van der Waals surface area contributed by atoms with Crippen molar-refractivity contribution in [3.05, 3.63) is 277 Å². The predicted octanol–water partition coefficient (Wildman–Crippen LogP) is 17.8. The SMILES string of the molecule is c1ccc(-c2ccc(N(c3ccccc3)c3ccc4c(c3)c3cc(-c5ccccc5)ccc3n4-c3cccc4c3oc3ccc5c(c34)-c3ccccc3C53c4ccccc4-c4ccccc43)cc2)cc1. The largest absolute Gasteiger partial charge is 0.454 e. The van der Waals surface area contributed by atoms with Crippen molar-refractivity contribution in [3.63, 3.8) is 0 Å². The molecular formula is C67H42N2O. The summed E-state index contributed by atoms with van der Waals surface area (Å²) in [5.74, 6) is 0. The van der Waals surface area contributed by atoms with E-state index in [-0.39, 0.29) is 0 Å². The average Bonchev–Trinajstić information content (AvgIpc) is 4.16. The highest BCUT2D eigenvalue weighted by atomic mass is 16.3. The molecule has 0 N–H and O–H groups in total. The highest BCUT2D eigenvalue weighted by Crippen LogP contribution is 2.64. The lowest BCUT2D eigenvalue weighted by Gasteiger charge is -2.30. The van der Waals surface area contributed by atoms with Crippen LogP contribution in [0.4, 0.5) is 17.1 Å². The van der Waals surface area contributed by atoms with E-state index in [4.69, 9.17) is 4.42 Å². The van der Waals surface area contributed by atoms with Gasteiger partial charge in [0.1, 0.15) is 5.58 Å². The highest BCUT2D eigenvalue weighted by Gasteiger charge is 2.52. The Morgan fingerprint density at radius 1 is 0.343 bits per heavy atom. The molecule has 2 aliphatic rings. The molecule has 3 heteroatoms. The van der Waals surface area contributed by atoms with Crippen LogP contribution in [-0.4, -0.2) is 4.57 Å². The molecule has 1 spiro atoms. The minimum absolute atomic E-state index is 0.437. The zero-order chi connectivity index (χ0) is 45.9. The molecule has 3 nitrogen and oxygen atoms in total. The Morgan fingerprint density at radius 2 is 0.857 bits per heavy atom. The van der Waals surface area contributed by atoms with Crippen molar-refractivity contribution in [1.82, 2.24) is 4.57 Å². The van der Waals surface area contributed by atoms with Gasteiger partial charge in [-0.05, 0) is 133 Å². The van der Waals surface area contributed by atoms with Crippen LogP contribution in [0, 0.1) is 0 Å². The second-order valence-corrected chi connectivity index (χ2v) is 18.7. The first-order valence-corrected chi connectivity index (χ1v) is 24.2. The van der Waals surface area contributed by atoms with Crippen LogP contribution in [-0.2, 0) is 5.41 Å². The number of hydrogen-bond acceptors (Lipinski definition) is 2. The van der Waals surface area contributed by atoms with Crippen molar-refractivity contribution in [1.29, 1.82) is 0 Å². The lowest BCUT2D eigenvalue weighted by molar-refractivity contribution is 0.666. The zero-order valence-electron chi connectivity index (χ0n) is 38.1. The van der Waals surface area contributed by atoms with Gasteiger partial charge in [0.15, 0.2) is 5.58 Å². The molecule has 0 atom stereocenters. The van der Waals surface area contributed by atoms with Gasteiger partial charge < -0.3 is 13.9 Å². The summed E-state index contributed by atoms with van der Waals surface area (Å²) in [5.41, 5.74) is 23.0. The van der Waals surface area contributed by atoms with Gasteiger partial charge >= 0.3 is 0 Å². The molecule has 0 aliphatic heterocycles. The number of fused-ring (bicyclic) bond motifs is 17. The molecule has 15 rings (SSSR count). The van der Waals surface area contributed by atoms with Crippen LogP contribution in [0.2, 0.25) is 0 Å². The molecule has 2 heterocycles. The van der Waals surface area contributed by atoms with E-state index >= 15 is 0 Å². The fraction of sp³-hybridized carbons (Fsp3) is 0.0149. The molecule has 0 saturated carbocycles. The van der Waals surface area contributed by atoms with Gasteiger partial charge in [-0.2, -0.15) is 0 Å². The Morgan fingerprint density at radius 3 is 1.54 bits per heavy atom. The molecule has 0 unspecified atom stereocenters. The lowest BCUT2D eigenvalue weighted by Crippen LogP contribution is -2.25. The van der Waals surface area contributed by atoms with Crippen molar-refractivity contribution in [2.45, 2.75) is 5.41 Å². The van der Waals surface area contributed by atoms with Crippen molar-refractivity contribution >= 4 is 60.8 Å². The normalized spacial score (nSPS) is 13.0. The van der Waals surface area contributed by atoms with Crippen LogP contribution in [0.3, 0.4) is 0 Å². The first-order valence-electron chi connectivity index (χ1n) is 24.2. The Bertz CT molecular complexity index is 4180. The maximum absolute atomic E-state index is 7.22. The predicted molar refractivity (Wildman–Crippen MR) is 290 cm³/mol. The summed E-state index contributed by atoms with van der Waals surface area (Å²) in [6, 6.07) is 93.1. The molecule has 0 bridgehead atoms. The second-order valence-electron chi connectivity index (χ2n) is 18.7. The van der Waals surface area contributed by atoms with Crippen LogP contribution in [0.1, 0.15) is 22.3 Å². The lowest BCUT2D eigenvalue weighted by atomic mass is 9.70. The number of aromatic nitrogens is 1. The molecule has 2 aliphatic carbocycles. The van der Waals surface area contributed by atoms with Gasteiger partial charge in [0.2, 0.25) is 0 Å². The Hall–Kier alpha value is -9.18. The molecule has 2 aromatic heterocycles. The standard InChI is InChI=1S/C67H42N2O/c1-4-17-43(18-5-1)45-31-34-48(35-32-45)68(47-21-8-3-9-22-47)49-36-39-61-55(42-49)54-41-46(44-19-6-2-7-20-44)33-38-60(54)69(61)62-30-16-26-53-65-63(70-66(53)62)40-37-59-64(65)52-25-12-15-29-58(52)67(59)56-27-13-10-23-50(56)51-24-11-14-28-57(51)67/h1-42H. The molecular weight excluding hydrogens is 849 g/mol. The summed E-state index contributed by atoms with van der Waals surface area (Å²) >= 11 is 0. The molecule has 0 radical (unpaired) electrons. The molecule has 0 fully saturated rings. The van der Waals surface area contributed by atoms with Crippen LogP contribution in [0.25, 0.3) is 93.9 Å². The number of nitrogens with zero attached hydrogens (tertiary/aromatic N) is 2. The number of hydrogen-bond donors (Lipinski definition) is 0. The third kappa shape index (κ3) is 5.40. The summed E-state index contributed by atoms with van der Waals surface area (Å²) in [6.45, 7) is 0. The van der Waals surface area contributed by atoms with E-state index in [0.717, 1.165) is 61.1 Å². The maximum atomic E-state index is 7.22. The monoisotopic (exact) mass is 890 g/mol. The molecule has 13 aromatic rings. The van der Waals surface area contributed by atoms with E-state index < -0.39 is 5.41 Å². The van der Waals surface area contributed by atoms with Gasteiger partial charge in [-0.1, -0.05) is 188 Å². The quantitative estimate of drug-likeness (QED) is 0.166. The maximum Gasteiger partial charge on any atom is 0.159 e. The van der Waals surface area contributed by atoms with Crippen LogP contribution in [0.5, 0.6) is 0 Å². The third-order valence-electron chi connectivity index (χ3n) is 15.2. The van der Waals surface area contributed by atoms with Crippen molar-refractivity contribution in [3.8, 4) is 50.2 Å². The minimum Gasteiger partial charge on any atom is -0.454 e. The van der Waals surface area contributed by atoms with Crippen molar-refractivity contribution in [2.75, 3.05) is 4.90 Å². The summed E-state index contributed by atoms with van der Waals surface area (Å²) in [7, 11) is 0. The van der Waals surface area contributed by atoms with Gasteiger partial charge in [0.05, 0.1) is 22.1 Å². The van der Waals surface area contributed by atoms with E-state index in [0.29, 0.717) is 0 Å². The van der Waals surface area contributed by atoms with E-state index in [2.05, 4.69) is 264 Å². The van der Waals surface area contributed by atoms with Gasteiger partial charge in [-0.25, -0.2) is 0 Å². The fourth-order valence-corrected chi connectivity index (χ4v) is 12.3. The Labute approximate surface area is 405 Å². The van der Waals surface area contributed by atoms with E-state index in [1.807, 2.05) is 0 Å². The summed E-state index contributed by atoms with van der Waals surface area (Å²) in [4.78, 5) is 2.37. The van der Waals surface area contributed by atoms with Crippen LogP contribution in [0.15, 0.2) is 259 Å². The number of furan rings is 1. The zero-order valence-corrected chi connectivity index (χ0v) is 38.1. The molecule has 326 valence electrons. The van der Waals surface area contributed by atoms with Gasteiger partial charge in [0.25, 0.3) is 0 Å². The van der Waals surface area contributed by atoms with E-state index in [1.54, 1.807) is 0 Å². The summed E-state index contributed by atoms with van der Waals surface area (Å²) < 4.78 is 9.64. The summed E-state index contributed by atoms with van der Waals surface area (Å²) in [6.07, 6.45) is 0. The van der Waals surface area contributed by atoms with Crippen LogP contribution < -0.4 is 4.90 Å². The third-order valence-corrected chi connectivity index (χ3v) is 15.2. The topological polar surface area (TPSA) is 21.3 Å². The number of para-hydroxylation sites is 2. The van der Waals surface area contributed by atoms with Crippen molar-refractivity contribution in [2.24, 2.45) is 0 Å². The van der Waals surface area contributed by atoms with E-state index in [9.17, 15) is 0 Å². The average molecular weight is 891 g/mol. The van der Waals surface area contributed by atoms with Crippen LogP contribution >= 0.6 is 0 Å². The smallest absolute Gasteiger partial charge is 0.159 e. The number of anilines is 3. The van der Waals surface area contributed by atoms with Gasteiger partial charge in [-0.3, -0.25) is 0 Å². The number of benzene rings is 11. The van der Waals surface area contributed by atoms with Gasteiger partial charge in [-0.15, -0.1) is 0 Å². The fourth-order valence-electron chi connectivity index (χ4n) is 12.3. The number of rotatable bonds is 6. The summed E-state index contributed by atoms with van der Waals surface area (Å²) in [5, 5.41) is 4.61. The van der Waals surface area contributed by atoms with Gasteiger partial charge in [0, 0.05) is 38.6 Å². The Kier molecular flexibility index (Phi) is 8.28. The Balaban J connectivity index is 0.964. The minimum atomic E-state index is -0.437. The molecule has 11 aromatic carbocycles. The van der Waals surface area contributed by atoms with E-state index in [1.165, 1.54) is 72.1 Å². The highest BCUT2D eigenvalue weighted by molar-refractivity contribution is 6.19.